The highest BCUT2D eigenvalue weighted by atomic mass is 16.6. The van der Waals surface area contributed by atoms with Gasteiger partial charge in [-0.1, -0.05) is 6.42 Å². The van der Waals surface area contributed by atoms with Crippen molar-refractivity contribution in [1.82, 2.24) is 10.2 Å². The Morgan fingerprint density at radius 2 is 1.90 bits per heavy atom. The summed E-state index contributed by atoms with van der Waals surface area (Å²) in [7, 11) is 0. The van der Waals surface area contributed by atoms with Crippen LogP contribution in [-0.4, -0.2) is 47.7 Å². The lowest BCUT2D eigenvalue weighted by atomic mass is 10.1. The third kappa shape index (κ3) is 5.08. The fourth-order valence-corrected chi connectivity index (χ4v) is 2.59. The van der Waals surface area contributed by atoms with Crippen LogP contribution in [0.15, 0.2) is 24.3 Å². The molecule has 1 heterocycles. The average molecular weight is 293 g/mol. The van der Waals surface area contributed by atoms with Gasteiger partial charge in [0.2, 0.25) is 0 Å². The molecule has 21 heavy (non-hydrogen) atoms. The van der Waals surface area contributed by atoms with Crippen LogP contribution in [0.3, 0.4) is 0 Å². The van der Waals surface area contributed by atoms with E-state index in [-0.39, 0.29) is 5.69 Å². The lowest BCUT2D eigenvalue weighted by Crippen LogP contribution is -2.36. The first-order chi connectivity index (χ1) is 10.2. The Labute approximate surface area is 124 Å². The zero-order valence-electron chi connectivity index (χ0n) is 12.2. The Balaban J connectivity index is 1.68. The van der Waals surface area contributed by atoms with Crippen LogP contribution < -0.4 is 5.32 Å². The molecule has 0 spiro atoms. The van der Waals surface area contributed by atoms with Gasteiger partial charge < -0.3 is 15.3 Å². The summed E-state index contributed by atoms with van der Waals surface area (Å²) in [6, 6.07) is 6.06. The minimum Gasteiger partial charge on any atom is -0.387 e. The van der Waals surface area contributed by atoms with Crippen molar-refractivity contribution < 1.29 is 10.0 Å². The van der Waals surface area contributed by atoms with Gasteiger partial charge in [-0.2, -0.15) is 0 Å². The van der Waals surface area contributed by atoms with Gasteiger partial charge in [-0.05, 0) is 43.6 Å². The minimum atomic E-state index is -0.632. The number of aliphatic hydroxyl groups excluding tert-OH is 1. The van der Waals surface area contributed by atoms with Crippen molar-refractivity contribution in [3.63, 3.8) is 0 Å². The quantitative estimate of drug-likeness (QED) is 0.454. The zero-order chi connectivity index (χ0) is 15.1. The summed E-state index contributed by atoms with van der Waals surface area (Å²) in [4.78, 5) is 12.6. The molecule has 1 unspecified atom stereocenters. The van der Waals surface area contributed by atoms with E-state index in [2.05, 4.69) is 10.2 Å². The molecular formula is C15H23N3O3. The van der Waals surface area contributed by atoms with Gasteiger partial charge in [0, 0.05) is 31.8 Å². The number of aliphatic hydroxyl groups is 1. The van der Waals surface area contributed by atoms with Gasteiger partial charge in [0.15, 0.2) is 0 Å². The molecule has 116 valence electrons. The van der Waals surface area contributed by atoms with Crippen LogP contribution in [0.5, 0.6) is 0 Å². The van der Waals surface area contributed by atoms with Crippen LogP contribution in [0, 0.1) is 10.1 Å². The number of nitrogens with zero attached hydrogens (tertiary/aromatic N) is 2. The number of nitro groups is 1. The molecule has 1 aromatic rings. The van der Waals surface area contributed by atoms with E-state index in [1.807, 2.05) is 0 Å². The summed E-state index contributed by atoms with van der Waals surface area (Å²) in [6.07, 6.45) is 3.27. The van der Waals surface area contributed by atoms with Gasteiger partial charge >= 0.3 is 0 Å². The number of non-ortho nitro benzene ring substituents is 1. The third-order valence-electron chi connectivity index (χ3n) is 3.88. The molecule has 0 saturated carbocycles. The van der Waals surface area contributed by atoms with E-state index in [0.717, 1.165) is 13.1 Å². The number of nitrogens with one attached hydrogen (secondary N) is 1. The molecule has 1 saturated heterocycles. The summed E-state index contributed by atoms with van der Waals surface area (Å²) in [5.74, 6) is 0. The summed E-state index contributed by atoms with van der Waals surface area (Å²) in [5, 5.41) is 23.9. The van der Waals surface area contributed by atoms with Gasteiger partial charge in [0.25, 0.3) is 5.69 Å². The smallest absolute Gasteiger partial charge is 0.269 e. The van der Waals surface area contributed by atoms with E-state index < -0.39 is 11.0 Å². The van der Waals surface area contributed by atoms with E-state index in [9.17, 15) is 15.2 Å². The highest BCUT2D eigenvalue weighted by Gasteiger charge is 2.11. The Morgan fingerprint density at radius 1 is 1.24 bits per heavy atom. The molecule has 2 rings (SSSR count). The SMILES string of the molecule is O=[N+]([O-])c1ccc(C(O)CNCCN2CCCCC2)cc1. The highest BCUT2D eigenvalue weighted by molar-refractivity contribution is 5.33. The van der Waals surface area contributed by atoms with Crippen molar-refractivity contribution in [3.8, 4) is 0 Å². The second-order valence-electron chi connectivity index (χ2n) is 5.47. The molecule has 6 nitrogen and oxygen atoms in total. The van der Waals surface area contributed by atoms with Gasteiger partial charge in [-0.25, -0.2) is 0 Å². The third-order valence-corrected chi connectivity index (χ3v) is 3.88. The number of hydrogen-bond acceptors (Lipinski definition) is 5. The fraction of sp³-hybridized carbons (Fsp3) is 0.600. The number of likely N-dealkylation sites (tertiary alicyclic amines) is 1. The molecule has 1 fully saturated rings. The van der Waals surface area contributed by atoms with Crippen molar-refractivity contribution in [3.05, 3.63) is 39.9 Å². The first-order valence-corrected chi connectivity index (χ1v) is 7.52. The van der Waals surface area contributed by atoms with Gasteiger partial charge in [-0.15, -0.1) is 0 Å². The van der Waals surface area contributed by atoms with Crippen molar-refractivity contribution in [2.45, 2.75) is 25.4 Å². The topological polar surface area (TPSA) is 78.6 Å². The number of rotatable bonds is 7. The Morgan fingerprint density at radius 3 is 2.52 bits per heavy atom. The number of hydrogen-bond donors (Lipinski definition) is 2. The van der Waals surface area contributed by atoms with E-state index in [4.69, 9.17) is 0 Å². The van der Waals surface area contributed by atoms with Crippen molar-refractivity contribution in [2.75, 3.05) is 32.7 Å². The maximum Gasteiger partial charge on any atom is 0.269 e. The standard InChI is InChI=1S/C15H23N3O3/c19-15(13-4-6-14(7-5-13)18(20)21)12-16-8-11-17-9-2-1-3-10-17/h4-7,15-16,19H,1-3,8-12H2. The van der Waals surface area contributed by atoms with Crippen LogP contribution in [-0.2, 0) is 0 Å². The van der Waals surface area contributed by atoms with Crippen LogP contribution in [0.1, 0.15) is 30.9 Å². The summed E-state index contributed by atoms with van der Waals surface area (Å²) >= 11 is 0. The fourth-order valence-electron chi connectivity index (χ4n) is 2.59. The molecule has 1 atom stereocenters. The van der Waals surface area contributed by atoms with Crippen LogP contribution in [0.2, 0.25) is 0 Å². The molecule has 1 aromatic carbocycles. The lowest BCUT2D eigenvalue weighted by molar-refractivity contribution is -0.384. The monoisotopic (exact) mass is 293 g/mol. The molecule has 1 aliphatic rings. The second-order valence-corrected chi connectivity index (χ2v) is 5.47. The molecule has 6 heteroatoms. The highest BCUT2D eigenvalue weighted by Crippen LogP contribution is 2.17. The van der Waals surface area contributed by atoms with Crippen LogP contribution in [0.25, 0.3) is 0 Å². The van der Waals surface area contributed by atoms with E-state index in [1.54, 1.807) is 12.1 Å². The molecule has 0 radical (unpaired) electrons. The Bertz CT molecular complexity index is 444. The van der Waals surface area contributed by atoms with Crippen LogP contribution in [0.4, 0.5) is 5.69 Å². The van der Waals surface area contributed by atoms with Gasteiger partial charge in [-0.3, -0.25) is 10.1 Å². The molecule has 1 aliphatic heterocycles. The molecule has 0 aliphatic carbocycles. The number of piperidine rings is 1. The predicted molar refractivity (Wildman–Crippen MR) is 81.2 cm³/mol. The first kappa shape index (κ1) is 15.9. The van der Waals surface area contributed by atoms with E-state index in [1.165, 1.54) is 44.5 Å². The van der Waals surface area contributed by atoms with Crippen molar-refractivity contribution >= 4 is 5.69 Å². The molecule has 0 bridgehead atoms. The summed E-state index contributed by atoms with van der Waals surface area (Å²) in [5.41, 5.74) is 0.745. The Kier molecular flexibility index (Phi) is 6.10. The molecule has 0 aromatic heterocycles. The largest absolute Gasteiger partial charge is 0.387 e. The number of nitro benzene ring substituents is 1. The molecule has 0 amide bonds. The lowest BCUT2D eigenvalue weighted by Gasteiger charge is -2.26. The van der Waals surface area contributed by atoms with Crippen molar-refractivity contribution in [2.24, 2.45) is 0 Å². The number of benzene rings is 1. The zero-order valence-corrected chi connectivity index (χ0v) is 12.2. The van der Waals surface area contributed by atoms with Gasteiger partial charge in [0.05, 0.1) is 11.0 Å². The molecular weight excluding hydrogens is 270 g/mol. The van der Waals surface area contributed by atoms with Crippen LogP contribution >= 0.6 is 0 Å². The van der Waals surface area contributed by atoms with E-state index >= 15 is 0 Å². The summed E-state index contributed by atoms with van der Waals surface area (Å²) in [6.45, 7) is 4.67. The Hall–Kier alpha value is -1.50. The second kappa shape index (κ2) is 8.07. The summed E-state index contributed by atoms with van der Waals surface area (Å²) < 4.78 is 0. The normalized spacial score (nSPS) is 17.6. The average Bonchev–Trinajstić information content (AvgIpc) is 2.52. The minimum absolute atomic E-state index is 0.0454. The van der Waals surface area contributed by atoms with Gasteiger partial charge in [0.1, 0.15) is 0 Å². The first-order valence-electron chi connectivity index (χ1n) is 7.52. The maximum atomic E-state index is 10.6. The maximum absolute atomic E-state index is 10.6. The van der Waals surface area contributed by atoms with Crippen molar-refractivity contribution in [1.29, 1.82) is 0 Å². The van der Waals surface area contributed by atoms with E-state index in [0.29, 0.717) is 12.1 Å². The molecule has 2 N–H and O–H groups in total. The predicted octanol–water partition coefficient (Wildman–Crippen LogP) is 1.70.